The second-order valence-corrected chi connectivity index (χ2v) is 7.04. The van der Waals surface area contributed by atoms with Crippen molar-refractivity contribution in [1.29, 1.82) is 0 Å². The molecule has 6 heteroatoms. The number of carbonyl (C=O) groups is 1. The van der Waals surface area contributed by atoms with Crippen molar-refractivity contribution in [1.82, 2.24) is 0 Å². The van der Waals surface area contributed by atoms with Crippen molar-refractivity contribution >= 4 is 17.7 Å². The summed E-state index contributed by atoms with van der Waals surface area (Å²) in [5.74, 6) is -2.00. The summed E-state index contributed by atoms with van der Waals surface area (Å²) in [5.41, 5.74) is 2.83. The molecule has 0 aliphatic heterocycles. The minimum absolute atomic E-state index is 0.323. The van der Waals surface area contributed by atoms with Crippen LogP contribution in [0.3, 0.4) is 0 Å². The number of alkyl halides is 3. The summed E-state index contributed by atoms with van der Waals surface area (Å²) in [6, 6.07) is 15.0. The highest BCUT2D eigenvalue weighted by atomic mass is 19.4. The lowest BCUT2D eigenvalue weighted by molar-refractivity contribution is -0.138. The van der Waals surface area contributed by atoms with Gasteiger partial charge in [0.1, 0.15) is 5.82 Å². The molecule has 0 unspecified atom stereocenters. The maximum atomic E-state index is 13.3. The molecule has 30 heavy (non-hydrogen) atoms. The van der Waals surface area contributed by atoms with Gasteiger partial charge >= 0.3 is 6.18 Å². The van der Waals surface area contributed by atoms with Crippen molar-refractivity contribution in [3.8, 4) is 11.1 Å². The van der Waals surface area contributed by atoms with Crippen molar-refractivity contribution in [2.24, 2.45) is 0 Å². The number of allylic oxidation sites excluding steroid dienone is 1. The van der Waals surface area contributed by atoms with Gasteiger partial charge in [0.2, 0.25) is 0 Å². The van der Waals surface area contributed by atoms with Crippen LogP contribution in [0.2, 0.25) is 0 Å². The van der Waals surface area contributed by atoms with Gasteiger partial charge in [-0.15, -0.1) is 0 Å². The number of rotatable bonds is 3. The monoisotopic (exact) mass is 411 g/mol. The van der Waals surface area contributed by atoms with Crippen LogP contribution < -0.4 is 5.32 Å². The van der Waals surface area contributed by atoms with E-state index in [0.717, 1.165) is 41.7 Å². The van der Waals surface area contributed by atoms with Crippen LogP contribution >= 0.6 is 0 Å². The van der Waals surface area contributed by atoms with E-state index < -0.39 is 29.0 Å². The van der Waals surface area contributed by atoms with E-state index in [4.69, 9.17) is 0 Å². The molecule has 0 aromatic heterocycles. The zero-order valence-electron chi connectivity index (χ0n) is 15.8. The molecule has 0 fully saturated rings. The third-order valence-corrected chi connectivity index (χ3v) is 5.05. The maximum Gasteiger partial charge on any atom is 0.417 e. The number of hydrogen-bond acceptors (Lipinski definition) is 1. The Morgan fingerprint density at radius 1 is 0.967 bits per heavy atom. The molecular formula is C24H17F4NO. The molecule has 0 saturated heterocycles. The molecule has 2 nitrogen and oxygen atoms in total. The summed E-state index contributed by atoms with van der Waals surface area (Å²) >= 11 is 0. The first-order valence-corrected chi connectivity index (χ1v) is 9.40. The van der Waals surface area contributed by atoms with E-state index in [1.807, 2.05) is 24.3 Å². The van der Waals surface area contributed by atoms with E-state index >= 15 is 0 Å². The van der Waals surface area contributed by atoms with Gasteiger partial charge in [0, 0.05) is 5.69 Å². The Kier molecular flexibility index (Phi) is 5.16. The molecule has 4 rings (SSSR count). The molecule has 3 aromatic rings. The molecule has 0 spiro atoms. The predicted octanol–water partition coefficient (Wildman–Crippen LogP) is 6.72. The van der Waals surface area contributed by atoms with Gasteiger partial charge in [-0.2, -0.15) is 13.2 Å². The Bertz CT molecular complexity index is 1130. The number of nitrogens with one attached hydrogen (secondary N) is 1. The first kappa shape index (κ1) is 19.9. The minimum Gasteiger partial charge on any atom is -0.322 e. The molecule has 1 N–H and O–H groups in total. The van der Waals surface area contributed by atoms with Crippen molar-refractivity contribution in [3.05, 3.63) is 94.8 Å². The number of halogens is 4. The third-order valence-electron chi connectivity index (χ3n) is 5.05. The number of anilines is 1. The Balaban J connectivity index is 1.59. The highest BCUT2D eigenvalue weighted by molar-refractivity contribution is 6.05. The topological polar surface area (TPSA) is 29.1 Å². The fourth-order valence-corrected chi connectivity index (χ4v) is 3.60. The predicted molar refractivity (Wildman–Crippen MR) is 109 cm³/mol. The highest BCUT2D eigenvalue weighted by Crippen LogP contribution is 2.34. The Hall–Kier alpha value is -3.41. The molecule has 3 aromatic carbocycles. The maximum absolute atomic E-state index is 13.3. The minimum atomic E-state index is -4.83. The molecule has 0 heterocycles. The fraction of sp³-hybridized carbons (Fsp3) is 0.125. The summed E-state index contributed by atoms with van der Waals surface area (Å²) in [4.78, 5) is 12.4. The van der Waals surface area contributed by atoms with E-state index in [1.54, 1.807) is 12.1 Å². The fourth-order valence-electron chi connectivity index (χ4n) is 3.60. The lowest BCUT2D eigenvalue weighted by atomic mass is 9.90. The molecule has 0 atom stereocenters. The van der Waals surface area contributed by atoms with Crippen LogP contribution in [0, 0.1) is 5.82 Å². The summed E-state index contributed by atoms with van der Waals surface area (Å²) < 4.78 is 52.7. The second kappa shape index (κ2) is 7.78. The zero-order valence-corrected chi connectivity index (χ0v) is 15.8. The van der Waals surface area contributed by atoms with Gasteiger partial charge in [-0.05, 0) is 65.4 Å². The van der Waals surface area contributed by atoms with Gasteiger partial charge in [-0.25, -0.2) is 4.39 Å². The molecule has 1 amide bonds. The van der Waals surface area contributed by atoms with E-state index in [-0.39, 0.29) is 0 Å². The number of fused-ring (bicyclic) bond motifs is 1. The normalized spacial score (nSPS) is 13.1. The number of aryl methyl sites for hydroxylation is 1. The van der Waals surface area contributed by atoms with Crippen LogP contribution in [0.15, 0.2) is 66.7 Å². The Morgan fingerprint density at radius 3 is 2.47 bits per heavy atom. The van der Waals surface area contributed by atoms with Crippen molar-refractivity contribution < 1.29 is 22.4 Å². The first-order chi connectivity index (χ1) is 14.3. The van der Waals surface area contributed by atoms with Crippen LogP contribution in [0.4, 0.5) is 23.2 Å². The summed E-state index contributed by atoms with van der Waals surface area (Å²) in [7, 11) is 0. The zero-order chi connectivity index (χ0) is 21.3. The number of benzene rings is 3. The van der Waals surface area contributed by atoms with Crippen molar-refractivity contribution in [3.63, 3.8) is 0 Å². The highest BCUT2D eigenvalue weighted by Gasteiger charge is 2.35. The molecular weight excluding hydrogens is 394 g/mol. The number of amides is 1. The first-order valence-electron chi connectivity index (χ1n) is 9.40. The molecule has 152 valence electrons. The second-order valence-electron chi connectivity index (χ2n) is 7.04. The van der Waals surface area contributed by atoms with Crippen LogP contribution in [0.25, 0.3) is 17.2 Å². The third kappa shape index (κ3) is 3.99. The van der Waals surface area contributed by atoms with Gasteiger partial charge in [-0.1, -0.05) is 42.5 Å². The van der Waals surface area contributed by atoms with Gasteiger partial charge in [0.05, 0.1) is 11.1 Å². The average molecular weight is 411 g/mol. The summed E-state index contributed by atoms with van der Waals surface area (Å²) in [6.07, 6.45) is 1.37. The van der Waals surface area contributed by atoms with E-state index in [1.165, 1.54) is 5.56 Å². The van der Waals surface area contributed by atoms with Gasteiger partial charge < -0.3 is 5.32 Å². The molecule has 1 aliphatic rings. The van der Waals surface area contributed by atoms with E-state index in [2.05, 4.69) is 23.5 Å². The Morgan fingerprint density at radius 2 is 1.73 bits per heavy atom. The van der Waals surface area contributed by atoms with Crippen LogP contribution in [-0.4, -0.2) is 5.91 Å². The standard InChI is InChI=1S/C24H17F4NO/c25-17-10-13-21(22(14-17)24(26,27)28)23(30)29-18-11-8-16(9-12-18)20-7-3-5-15-4-1-2-6-19(15)20/h2-3,5-14H,1,4H2,(H,29,30). The molecule has 0 bridgehead atoms. The molecule has 0 radical (unpaired) electrons. The van der Waals surface area contributed by atoms with E-state index in [0.29, 0.717) is 11.8 Å². The largest absolute Gasteiger partial charge is 0.417 e. The van der Waals surface area contributed by atoms with Crippen molar-refractivity contribution in [2.45, 2.75) is 19.0 Å². The molecule has 1 aliphatic carbocycles. The van der Waals surface area contributed by atoms with Crippen molar-refractivity contribution in [2.75, 3.05) is 5.32 Å². The summed E-state index contributed by atoms with van der Waals surface area (Å²) in [6.45, 7) is 0. The SMILES string of the molecule is O=C(Nc1ccc(-c2cccc3c2C=CCC3)cc1)c1ccc(F)cc1C(F)(F)F. The lowest BCUT2D eigenvalue weighted by Crippen LogP contribution is -2.19. The Labute approximate surface area is 170 Å². The van der Waals surface area contributed by atoms with Crippen LogP contribution in [0.5, 0.6) is 0 Å². The van der Waals surface area contributed by atoms with Gasteiger partial charge in [0.15, 0.2) is 0 Å². The van der Waals surface area contributed by atoms with Gasteiger partial charge in [-0.3, -0.25) is 4.79 Å². The van der Waals surface area contributed by atoms with Crippen LogP contribution in [0.1, 0.15) is 33.5 Å². The van der Waals surface area contributed by atoms with E-state index in [9.17, 15) is 22.4 Å². The number of hydrogen-bond donors (Lipinski definition) is 1. The smallest absolute Gasteiger partial charge is 0.322 e. The van der Waals surface area contributed by atoms with Crippen LogP contribution in [-0.2, 0) is 12.6 Å². The van der Waals surface area contributed by atoms with Gasteiger partial charge in [0.25, 0.3) is 5.91 Å². The lowest BCUT2D eigenvalue weighted by Gasteiger charge is -2.16. The summed E-state index contributed by atoms with van der Waals surface area (Å²) in [5, 5.41) is 2.46. The molecule has 0 saturated carbocycles. The average Bonchev–Trinajstić information content (AvgIpc) is 2.73. The quantitative estimate of drug-likeness (QED) is 0.476. The number of carbonyl (C=O) groups excluding carboxylic acids is 1.